The van der Waals surface area contributed by atoms with Crippen molar-refractivity contribution in [2.24, 2.45) is 0 Å². The lowest BCUT2D eigenvalue weighted by molar-refractivity contribution is 0.0988. The number of Topliss-reactive ketones (excluding diaryl/α,β-unsaturated/α-hetero) is 1. The first-order chi connectivity index (χ1) is 8.74. The summed E-state index contributed by atoms with van der Waals surface area (Å²) in [7, 11) is 1.56. The van der Waals surface area contributed by atoms with E-state index in [1.165, 1.54) is 0 Å². The van der Waals surface area contributed by atoms with Gasteiger partial charge in [-0.3, -0.25) is 9.78 Å². The fraction of sp³-hybridized carbons (Fsp3) is 0.143. The second kappa shape index (κ2) is 5.78. The van der Waals surface area contributed by atoms with Gasteiger partial charge in [0.25, 0.3) is 0 Å². The minimum absolute atomic E-state index is 0.0290. The second-order valence-corrected chi connectivity index (χ2v) is 4.62. The summed E-state index contributed by atoms with van der Waals surface area (Å²) in [5.41, 5.74) is 1.44. The number of hydrogen-bond donors (Lipinski definition) is 0. The molecule has 1 aromatic carbocycles. The Kier molecular flexibility index (Phi) is 4.10. The molecule has 0 bridgehead atoms. The molecule has 0 amide bonds. The predicted molar refractivity (Wildman–Crippen MR) is 73.2 cm³/mol. The summed E-state index contributed by atoms with van der Waals surface area (Å²) in [5.74, 6) is 0.555. The highest BCUT2D eigenvalue weighted by atomic mass is 79.9. The van der Waals surface area contributed by atoms with Gasteiger partial charge in [0, 0.05) is 12.4 Å². The van der Waals surface area contributed by atoms with Crippen LogP contribution in [0.3, 0.4) is 0 Å². The molecule has 0 aliphatic rings. The van der Waals surface area contributed by atoms with E-state index < -0.39 is 4.83 Å². The van der Waals surface area contributed by atoms with Crippen LogP contribution in [0.4, 0.5) is 0 Å². The highest BCUT2D eigenvalue weighted by Crippen LogP contribution is 2.30. The van der Waals surface area contributed by atoms with Gasteiger partial charge in [0.05, 0.1) is 12.7 Å². The average Bonchev–Trinajstić information content (AvgIpc) is 2.46. The SMILES string of the molecule is COc1ccccc1C(=O)[C@@H](Br)c1ccncc1. The van der Waals surface area contributed by atoms with Gasteiger partial charge in [0.15, 0.2) is 5.78 Å². The maximum absolute atomic E-state index is 12.4. The van der Waals surface area contributed by atoms with Crippen LogP contribution in [0.25, 0.3) is 0 Å². The van der Waals surface area contributed by atoms with Gasteiger partial charge >= 0.3 is 0 Å². The number of carbonyl (C=O) groups is 1. The van der Waals surface area contributed by atoms with Crippen molar-refractivity contribution in [1.82, 2.24) is 4.98 Å². The van der Waals surface area contributed by atoms with Gasteiger partial charge < -0.3 is 4.74 Å². The summed E-state index contributed by atoms with van der Waals surface area (Å²) in [6.07, 6.45) is 3.33. The maximum atomic E-state index is 12.4. The molecule has 92 valence electrons. The van der Waals surface area contributed by atoms with E-state index in [1.54, 1.807) is 31.6 Å². The largest absolute Gasteiger partial charge is 0.496 e. The molecule has 0 radical (unpaired) electrons. The zero-order valence-corrected chi connectivity index (χ0v) is 11.4. The van der Waals surface area contributed by atoms with Gasteiger partial charge in [0.2, 0.25) is 0 Å². The van der Waals surface area contributed by atoms with E-state index in [-0.39, 0.29) is 5.78 Å². The molecule has 4 heteroatoms. The molecule has 0 saturated carbocycles. The van der Waals surface area contributed by atoms with Crippen LogP contribution in [0, 0.1) is 0 Å². The number of halogens is 1. The van der Waals surface area contributed by atoms with E-state index >= 15 is 0 Å². The van der Waals surface area contributed by atoms with Crippen LogP contribution in [-0.4, -0.2) is 17.9 Å². The van der Waals surface area contributed by atoms with Crippen molar-refractivity contribution in [3.8, 4) is 5.75 Å². The Morgan fingerprint density at radius 3 is 2.56 bits per heavy atom. The molecule has 0 spiro atoms. The van der Waals surface area contributed by atoms with Gasteiger partial charge in [-0.25, -0.2) is 0 Å². The van der Waals surface area contributed by atoms with Crippen LogP contribution in [0.5, 0.6) is 5.75 Å². The van der Waals surface area contributed by atoms with Crippen molar-refractivity contribution in [3.63, 3.8) is 0 Å². The minimum atomic E-state index is -0.392. The predicted octanol–water partition coefficient (Wildman–Crippen LogP) is 3.41. The van der Waals surface area contributed by atoms with Crippen molar-refractivity contribution in [1.29, 1.82) is 0 Å². The van der Waals surface area contributed by atoms with Crippen LogP contribution in [0.1, 0.15) is 20.7 Å². The number of ether oxygens (including phenoxy) is 1. The molecule has 18 heavy (non-hydrogen) atoms. The van der Waals surface area contributed by atoms with Crippen molar-refractivity contribution < 1.29 is 9.53 Å². The number of para-hydroxylation sites is 1. The van der Waals surface area contributed by atoms with Gasteiger partial charge in [-0.15, -0.1) is 0 Å². The van der Waals surface area contributed by atoms with Gasteiger partial charge in [0.1, 0.15) is 10.6 Å². The zero-order chi connectivity index (χ0) is 13.0. The first-order valence-electron chi connectivity index (χ1n) is 5.45. The van der Waals surface area contributed by atoms with Crippen LogP contribution >= 0.6 is 15.9 Å². The number of rotatable bonds is 4. The maximum Gasteiger partial charge on any atom is 0.184 e. The highest BCUT2D eigenvalue weighted by molar-refractivity contribution is 9.09. The molecule has 0 aliphatic heterocycles. The van der Waals surface area contributed by atoms with Gasteiger partial charge in [-0.1, -0.05) is 28.1 Å². The Balaban J connectivity index is 2.32. The Bertz CT molecular complexity index is 543. The molecule has 1 atom stereocenters. The lowest BCUT2D eigenvalue weighted by Crippen LogP contribution is -2.08. The number of benzene rings is 1. The van der Waals surface area contributed by atoms with Crippen molar-refractivity contribution in [3.05, 3.63) is 59.9 Å². The third-order valence-corrected chi connectivity index (χ3v) is 3.55. The standard InChI is InChI=1S/C14H12BrNO2/c1-18-12-5-3-2-4-11(12)14(17)13(15)10-6-8-16-9-7-10/h2-9,13H,1H3/t13-/m0/s1. The second-order valence-electron chi connectivity index (χ2n) is 3.71. The molecule has 0 N–H and O–H groups in total. The van der Waals surface area contributed by atoms with Gasteiger partial charge in [-0.05, 0) is 29.8 Å². The monoisotopic (exact) mass is 305 g/mol. The lowest BCUT2D eigenvalue weighted by atomic mass is 10.0. The zero-order valence-electron chi connectivity index (χ0n) is 9.84. The summed E-state index contributed by atoms with van der Waals surface area (Å²) in [6.45, 7) is 0. The number of nitrogens with zero attached hydrogens (tertiary/aromatic N) is 1. The van der Waals surface area contributed by atoms with E-state index in [9.17, 15) is 4.79 Å². The van der Waals surface area contributed by atoms with E-state index in [0.29, 0.717) is 11.3 Å². The topological polar surface area (TPSA) is 39.2 Å². The van der Waals surface area contributed by atoms with E-state index in [0.717, 1.165) is 5.56 Å². The molecule has 3 nitrogen and oxygen atoms in total. The molecule has 0 aliphatic carbocycles. The summed E-state index contributed by atoms with van der Waals surface area (Å²) in [5, 5.41) is 0. The van der Waals surface area contributed by atoms with Crippen molar-refractivity contribution >= 4 is 21.7 Å². The Morgan fingerprint density at radius 1 is 1.22 bits per heavy atom. The number of alkyl halides is 1. The molecular formula is C14H12BrNO2. The number of methoxy groups -OCH3 is 1. The Labute approximate surface area is 114 Å². The van der Waals surface area contributed by atoms with E-state index in [4.69, 9.17) is 4.74 Å². The Hall–Kier alpha value is -1.68. The smallest absolute Gasteiger partial charge is 0.184 e. The number of aromatic nitrogens is 1. The summed E-state index contributed by atoms with van der Waals surface area (Å²) >= 11 is 3.42. The highest BCUT2D eigenvalue weighted by Gasteiger charge is 2.21. The van der Waals surface area contributed by atoms with Crippen LogP contribution in [0.15, 0.2) is 48.8 Å². The number of hydrogen-bond acceptors (Lipinski definition) is 3. The minimum Gasteiger partial charge on any atom is -0.496 e. The third kappa shape index (κ3) is 2.59. The molecule has 2 rings (SSSR count). The number of pyridine rings is 1. The number of carbonyl (C=O) groups excluding carboxylic acids is 1. The van der Waals surface area contributed by atoms with Crippen LogP contribution in [0.2, 0.25) is 0 Å². The fourth-order valence-corrected chi connectivity index (χ4v) is 2.22. The molecule has 1 aromatic heterocycles. The summed E-state index contributed by atoms with van der Waals surface area (Å²) < 4.78 is 5.20. The fourth-order valence-electron chi connectivity index (χ4n) is 1.67. The molecule has 0 saturated heterocycles. The van der Waals surface area contributed by atoms with Crippen molar-refractivity contribution in [2.75, 3.05) is 7.11 Å². The first-order valence-corrected chi connectivity index (χ1v) is 6.37. The lowest BCUT2D eigenvalue weighted by Gasteiger charge is -2.11. The molecule has 0 fully saturated rings. The quantitative estimate of drug-likeness (QED) is 0.642. The van der Waals surface area contributed by atoms with Gasteiger partial charge in [-0.2, -0.15) is 0 Å². The van der Waals surface area contributed by atoms with Crippen LogP contribution < -0.4 is 4.74 Å². The van der Waals surface area contributed by atoms with E-state index in [1.807, 2.05) is 24.3 Å². The Morgan fingerprint density at radius 2 is 1.89 bits per heavy atom. The van der Waals surface area contributed by atoms with Crippen LogP contribution in [-0.2, 0) is 0 Å². The molecular weight excluding hydrogens is 294 g/mol. The normalized spacial score (nSPS) is 11.9. The molecule has 1 heterocycles. The summed E-state index contributed by atoms with van der Waals surface area (Å²) in [6, 6.07) is 10.8. The first kappa shape index (κ1) is 12.8. The molecule has 2 aromatic rings. The third-order valence-electron chi connectivity index (χ3n) is 2.60. The van der Waals surface area contributed by atoms with Crippen molar-refractivity contribution in [2.45, 2.75) is 4.83 Å². The summed E-state index contributed by atoms with van der Waals surface area (Å²) in [4.78, 5) is 15.9. The average molecular weight is 306 g/mol. The van der Waals surface area contributed by atoms with E-state index in [2.05, 4.69) is 20.9 Å². The molecule has 0 unspecified atom stereocenters. The number of ketones is 1.